The Balaban J connectivity index is 1.60. The lowest BCUT2D eigenvalue weighted by molar-refractivity contribution is -0.137. The van der Waals surface area contributed by atoms with Crippen molar-refractivity contribution in [3.8, 4) is 0 Å². The maximum Gasteiger partial charge on any atom is 0.416 e. The van der Waals surface area contributed by atoms with E-state index in [9.17, 15) is 13.2 Å². The third-order valence-corrected chi connectivity index (χ3v) is 5.04. The third kappa shape index (κ3) is 4.60. The molecule has 1 heterocycles. The quantitative estimate of drug-likeness (QED) is 0.700. The minimum absolute atomic E-state index is 0.513. The van der Waals surface area contributed by atoms with Crippen LogP contribution in [0.1, 0.15) is 11.1 Å². The normalized spacial score (nSPS) is 16.3. The molecular weight excluding hydrogens is 372 g/mol. The summed E-state index contributed by atoms with van der Waals surface area (Å²) >= 11 is 12.0. The van der Waals surface area contributed by atoms with Crippen LogP contribution in [-0.4, -0.2) is 31.1 Å². The monoisotopic (exact) mass is 388 g/mol. The molecule has 1 aliphatic rings. The third-order valence-electron chi connectivity index (χ3n) is 4.30. The molecule has 3 rings (SSSR count). The second kappa shape index (κ2) is 7.44. The summed E-state index contributed by atoms with van der Waals surface area (Å²) in [5.74, 6) is 0. The van der Waals surface area contributed by atoms with E-state index >= 15 is 0 Å². The van der Waals surface area contributed by atoms with Crippen molar-refractivity contribution >= 4 is 28.9 Å². The fraction of sp³-hybridized carbons (Fsp3) is 0.333. The summed E-state index contributed by atoms with van der Waals surface area (Å²) in [6, 6.07) is 11.1. The number of anilines is 1. The van der Waals surface area contributed by atoms with Gasteiger partial charge in [0.15, 0.2) is 0 Å². The van der Waals surface area contributed by atoms with Gasteiger partial charge in [0.25, 0.3) is 0 Å². The lowest BCUT2D eigenvalue weighted by atomic mass is 10.1. The van der Waals surface area contributed by atoms with E-state index in [4.69, 9.17) is 23.2 Å². The molecule has 7 heteroatoms. The lowest BCUT2D eigenvalue weighted by Gasteiger charge is -2.36. The first-order chi connectivity index (χ1) is 11.8. The van der Waals surface area contributed by atoms with Crippen LogP contribution in [0.5, 0.6) is 0 Å². The predicted molar refractivity (Wildman–Crippen MR) is 95.4 cm³/mol. The van der Waals surface area contributed by atoms with Crippen molar-refractivity contribution in [3.05, 3.63) is 63.6 Å². The van der Waals surface area contributed by atoms with E-state index in [0.29, 0.717) is 22.2 Å². The molecule has 0 N–H and O–H groups in total. The van der Waals surface area contributed by atoms with Crippen molar-refractivity contribution in [2.45, 2.75) is 12.7 Å². The maximum atomic E-state index is 12.8. The van der Waals surface area contributed by atoms with Crippen molar-refractivity contribution < 1.29 is 13.2 Å². The lowest BCUT2D eigenvalue weighted by Crippen LogP contribution is -2.46. The van der Waals surface area contributed by atoms with E-state index < -0.39 is 11.7 Å². The molecule has 0 amide bonds. The van der Waals surface area contributed by atoms with Gasteiger partial charge in [-0.3, -0.25) is 4.90 Å². The second-order valence-electron chi connectivity index (χ2n) is 6.06. The molecule has 0 spiro atoms. The Kier molecular flexibility index (Phi) is 5.46. The van der Waals surface area contributed by atoms with Crippen LogP contribution in [0.3, 0.4) is 0 Å². The highest BCUT2D eigenvalue weighted by atomic mass is 35.5. The van der Waals surface area contributed by atoms with Crippen molar-refractivity contribution in [2.75, 3.05) is 31.1 Å². The molecule has 2 nitrogen and oxygen atoms in total. The highest BCUT2D eigenvalue weighted by Crippen LogP contribution is 2.30. The number of hydrogen-bond donors (Lipinski definition) is 0. The Morgan fingerprint density at radius 2 is 1.60 bits per heavy atom. The summed E-state index contributed by atoms with van der Waals surface area (Å²) in [5.41, 5.74) is 1.09. The van der Waals surface area contributed by atoms with Gasteiger partial charge in [0.2, 0.25) is 0 Å². The standard InChI is InChI=1S/C18H17Cl2F3N2/c19-16-5-4-15(11-17(16)20)25-8-6-24(7-9-25)12-13-2-1-3-14(10-13)18(21,22)23/h1-5,10-11H,6-9,12H2. The molecule has 1 saturated heterocycles. The number of benzene rings is 2. The SMILES string of the molecule is FC(F)(F)c1cccc(CN2CCN(c3ccc(Cl)c(Cl)c3)CC2)c1. The number of halogens is 5. The van der Waals surface area contributed by atoms with Crippen LogP contribution in [0.4, 0.5) is 18.9 Å². The molecule has 1 aliphatic heterocycles. The summed E-state index contributed by atoms with van der Waals surface area (Å²) < 4.78 is 38.4. The zero-order valence-corrected chi connectivity index (χ0v) is 14.9. The molecule has 0 aliphatic carbocycles. The largest absolute Gasteiger partial charge is 0.416 e. The molecule has 0 saturated carbocycles. The van der Waals surface area contributed by atoms with Gasteiger partial charge in [-0.2, -0.15) is 13.2 Å². The molecule has 134 valence electrons. The smallest absolute Gasteiger partial charge is 0.369 e. The Morgan fingerprint density at radius 1 is 0.880 bits per heavy atom. The van der Waals surface area contributed by atoms with Crippen LogP contribution < -0.4 is 4.90 Å². The van der Waals surface area contributed by atoms with Crippen molar-refractivity contribution in [3.63, 3.8) is 0 Å². The van der Waals surface area contributed by atoms with Gasteiger partial charge in [0, 0.05) is 38.4 Å². The van der Waals surface area contributed by atoms with E-state index in [-0.39, 0.29) is 0 Å². The first-order valence-corrected chi connectivity index (χ1v) is 8.67. The number of nitrogens with zero attached hydrogens (tertiary/aromatic N) is 2. The predicted octanol–water partition coefficient (Wildman–Crippen LogP) is 5.33. The van der Waals surface area contributed by atoms with Crippen LogP contribution in [0.2, 0.25) is 10.0 Å². The number of rotatable bonds is 3. The Hall–Kier alpha value is -1.43. The van der Waals surface area contributed by atoms with Gasteiger partial charge in [-0.05, 0) is 29.8 Å². The highest BCUT2D eigenvalue weighted by molar-refractivity contribution is 6.42. The van der Waals surface area contributed by atoms with Gasteiger partial charge in [0.05, 0.1) is 15.6 Å². The Bertz CT molecular complexity index is 741. The Labute approximate surface area is 154 Å². The first kappa shape index (κ1) is 18.4. The molecular formula is C18H17Cl2F3N2. The highest BCUT2D eigenvalue weighted by Gasteiger charge is 2.30. The summed E-state index contributed by atoms with van der Waals surface area (Å²) in [7, 11) is 0. The molecule has 0 radical (unpaired) electrons. The molecule has 2 aromatic carbocycles. The van der Waals surface area contributed by atoms with Crippen LogP contribution in [0.15, 0.2) is 42.5 Å². The first-order valence-electron chi connectivity index (χ1n) is 7.91. The molecule has 0 bridgehead atoms. The van der Waals surface area contributed by atoms with Gasteiger partial charge < -0.3 is 4.90 Å². The van der Waals surface area contributed by atoms with Gasteiger partial charge in [0.1, 0.15) is 0 Å². The number of hydrogen-bond acceptors (Lipinski definition) is 2. The van der Waals surface area contributed by atoms with E-state index in [1.165, 1.54) is 12.1 Å². The average molecular weight is 389 g/mol. The van der Waals surface area contributed by atoms with Gasteiger partial charge >= 0.3 is 6.18 Å². The van der Waals surface area contributed by atoms with Crippen LogP contribution in [-0.2, 0) is 12.7 Å². The summed E-state index contributed by atoms with van der Waals surface area (Å²) in [4.78, 5) is 4.36. The van der Waals surface area contributed by atoms with Crippen LogP contribution >= 0.6 is 23.2 Å². The average Bonchev–Trinajstić information content (AvgIpc) is 2.58. The molecule has 0 atom stereocenters. The zero-order chi connectivity index (χ0) is 18.0. The van der Waals surface area contributed by atoms with Gasteiger partial charge in [-0.15, -0.1) is 0 Å². The Morgan fingerprint density at radius 3 is 2.24 bits per heavy atom. The van der Waals surface area contributed by atoms with E-state index in [2.05, 4.69) is 9.80 Å². The maximum absolute atomic E-state index is 12.8. The minimum atomic E-state index is -4.30. The fourth-order valence-corrected chi connectivity index (χ4v) is 3.24. The van der Waals surface area contributed by atoms with Crippen LogP contribution in [0, 0.1) is 0 Å². The summed E-state index contributed by atoms with van der Waals surface area (Å²) in [6.07, 6.45) is -4.30. The number of piperazine rings is 1. The topological polar surface area (TPSA) is 6.48 Å². The minimum Gasteiger partial charge on any atom is -0.369 e. The van der Waals surface area contributed by atoms with Crippen molar-refractivity contribution in [1.29, 1.82) is 0 Å². The summed E-state index contributed by atoms with van der Waals surface area (Å²) in [5, 5.41) is 1.04. The molecule has 0 unspecified atom stereocenters. The van der Waals surface area contributed by atoms with E-state index in [1.54, 1.807) is 12.1 Å². The molecule has 2 aromatic rings. The van der Waals surface area contributed by atoms with Gasteiger partial charge in [-0.1, -0.05) is 41.4 Å². The van der Waals surface area contributed by atoms with E-state index in [0.717, 1.165) is 37.9 Å². The van der Waals surface area contributed by atoms with Crippen LogP contribution in [0.25, 0.3) is 0 Å². The molecule has 0 aromatic heterocycles. The number of alkyl halides is 3. The summed E-state index contributed by atoms with van der Waals surface area (Å²) in [6.45, 7) is 3.64. The zero-order valence-electron chi connectivity index (χ0n) is 13.4. The molecule has 1 fully saturated rings. The fourth-order valence-electron chi connectivity index (χ4n) is 2.95. The van der Waals surface area contributed by atoms with Crippen molar-refractivity contribution in [2.24, 2.45) is 0 Å². The second-order valence-corrected chi connectivity index (χ2v) is 6.87. The van der Waals surface area contributed by atoms with Gasteiger partial charge in [-0.25, -0.2) is 0 Å². The van der Waals surface area contributed by atoms with Crippen molar-refractivity contribution in [1.82, 2.24) is 4.90 Å². The van der Waals surface area contributed by atoms with E-state index in [1.807, 2.05) is 12.1 Å². The molecule has 25 heavy (non-hydrogen) atoms.